The molecule has 0 fully saturated rings. The lowest BCUT2D eigenvalue weighted by atomic mass is 9.69. The third kappa shape index (κ3) is 3.64. The molecule has 0 amide bonds. The number of carbonyl (C=O) groups excluding carboxylic acids is 2. The Morgan fingerprint density at radius 1 is 0.700 bits per heavy atom. The van der Waals surface area contributed by atoms with Gasteiger partial charge in [-0.25, -0.2) is 8.78 Å². The van der Waals surface area contributed by atoms with Gasteiger partial charge in [0.15, 0.2) is 11.6 Å². The molecule has 0 spiro atoms. The van der Waals surface area contributed by atoms with E-state index in [9.17, 15) is 18.4 Å². The summed E-state index contributed by atoms with van der Waals surface area (Å²) < 4.78 is 26.7. The number of benzene rings is 3. The minimum Gasteiger partial charge on any atom is -0.293 e. The van der Waals surface area contributed by atoms with Crippen LogP contribution in [-0.2, 0) is 0 Å². The van der Waals surface area contributed by atoms with Gasteiger partial charge in [0.1, 0.15) is 17.0 Å². The fraction of sp³-hybridized carbons (Fsp3) is 0.0769. The normalized spacial score (nSPS) is 14.8. The van der Waals surface area contributed by atoms with Crippen molar-refractivity contribution in [2.24, 2.45) is 5.41 Å². The summed E-state index contributed by atoms with van der Waals surface area (Å²) in [6.07, 6.45) is 5.40. The Balaban J connectivity index is 1.76. The van der Waals surface area contributed by atoms with Crippen molar-refractivity contribution in [1.82, 2.24) is 0 Å². The molecular weight excluding hydrogens is 382 g/mol. The van der Waals surface area contributed by atoms with Crippen LogP contribution in [0.5, 0.6) is 0 Å². The summed E-state index contributed by atoms with van der Waals surface area (Å²) in [5.74, 6) is -1.76. The van der Waals surface area contributed by atoms with Gasteiger partial charge in [0.2, 0.25) is 0 Å². The maximum absolute atomic E-state index is 13.5. The van der Waals surface area contributed by atoms with Gasteiger partial charge in [-0.1, -0.05) is 48.6 Å². The van der Waals surface area contributed by atoms with Crippen molar-refractivity contribution in [3.63, 3.8) is 0 Å². The molecule has 3 aromatic carbocycles. The largest absolute Gasteiger partial charge is 0.293 e. The van der Waals surface area contributed by atoms with Crippen LogP contribution in [0.25, 0.3) is 5.57 Å². The molecule has 0 heterocycles. The second-order valence-corrected chi connectivity index (χ2v) is 7.21. The summed E-state index contributed by atoms with van der Waals surface area (Å²) >= 11 is 0. The number of ketones is 2. The van der Waals surface area contributed by atoms with E-state index in [2.05, 4.69) is 0 Å². The Bertz CT molecular complexity index is 1080. The fourth-order valence-electron chi connectivity index (χ4n) is 3.64. The number of hydrogen-bond donors (Lipinski definition) is 0. The molecule has 2 nitrogen and oxygen atoms in total. The summed E-state index contributed by atoms with van der Waals surface area (Å²) in [4.78, 5) is 26.9. The van der Waals surface area contributed by atoms with Crippen molar-refractivity contribution in [1.29, 1.82) is 0 Å². The van der Waals surface area contributed by atoms with Crippen molar-refractivity contribution in [2.45, 2.75) is 6.42 Å². The molecule has 3 aromatic rings. The molecule has 30 heavy (non-hydrogen) atoms. The first kappa shape index (κ1) is 19.6. The zero-order valence-corrected chi connectivity index (χ0v) is 16.0. The minimum absolute atomic E-state index is 0.153. The SMILES string of the molecule is O=C(c1ccc(F)cc1)C1(C(=O)c2ccc(F)cc2)C=CC(c2ccccc2)=CC1. The maximum Gasteiger partial charge on any atom is 0.180 e. The highest BCUT2D eigenvalue weighted by Gasteiger charge is 2.44. The van der Waals surface area contributed by atoms with Gasteiger partial charge in [-0.05, 0) is 66.1 Å². The van der Waals surface area contributed by atoms with E-state index in [4.69, 9.17) is 0 Å². The summed E-state index contributed by atoms with van der Waals surface area (Å²) in [5, 5.41) is 0. The predicted molar refractivity (Wildman–Crippen MR) is 112 cm³/mol. The molecule has 4 heteroatoms. The summed E-state index contributed by atoms with van der Waals surface area (Å²) in [5.41, 5.74) is 0.894. The van der Waals surface area contributed by atoms with Crippen LogP contribution in [0.15, 0.2) is 97.1 Å². The molecule has 148 valence electrons. The van der Waals surface area contributed by atoms with E-state index in [0.717, 1.165) is 11.1 Å². The summed E-state index contributed by atoms with van der Waals surface area (Å²) in [7, 11) is 0. The third-order valence-electron chi connectivity index (χ3n) is 5.32. The van der Waals surface area contributed by atoms with Crippen molar-refractivity contribution >= 4 is 17.1 Å². The molecule has 0 bridgehead atoms. The van der Waals surface area contributed by atoms with Gasteiger partial charge in [-0.2, -0.15) is 0 Å². The molecule has 0 N–H and O–H groups in total. The van der Waals surface area contributed by atoms with Crippen LogP contribution in [0.4, 0.5) is 8.78 Å². The van der Waals surface area contributed by atoms with Gasteiger partial charge in [0, 0.05) is 11.1 Å². The number of carbonyl (C=O) groups is 2. The van der Waals surface area contributed by atoms with Crippen molar-refractivity contribution in [3.8, 4) is 0 Å². The number of allylic oxidation sites excluding steroid dienone is 4. The zero-order chi connectivity index (χ0) is 21.1. The van der Waals surface area contributed by atoms with Crippen LogP contribution in [0.2, 0.25) is 0 Å². The Labute approximate surface area is 173 Å². The van der Waals surface area contributed by atoms with Gasteiger partial charge in [-0.3, -0.25) is 9.59 Å². The average molecular weight is 400 g/mol. The quantitative estimate of drug-likeness (QED) is 0.385. The van der Waals surface area contributed by atoms with Crippen LogP contribution < -0.4 is 0 Å². The Kier molecular flexibility index (Phi) is 5.23. The van der Waals surface area contributed by atoms with Gasteiger partial charge >= 0.3 is 0 Å². The van der Waals surface area contributed by atoms with Crippen LogP contribution in [0.3, 0.4) is 0 Å². The van der Waals surface area contributed by atoms with Crippen LogP contribution in [0, 0.1) is 17.0 Å². The molecule has 0 aliphatic heterocycles. The van der Waals surface area contributed by atoms with Crippen molar-refractivity contribution in [3.05, 3.63) is 125 Å². The van der Waals surface area contributed by atoms with Crippen LogP contribution >= 0.6 is 0 Å². The first-order valence-corrected chi connectivity index (χ1v) is 9.55. The fourth-order valence-corrected chi connectivity index (χ4v) is 3.64. The number of rotatable bonds is 5. The zero-order valence-electron chi connectivity index (χ0n) is 16.0. The lowest BCUT2D eigenvalue weighted by molar-refractivity contribution is 0.0727. The highest BCUT2D eigenvalue weighted by molar-refractivity contribution is 6.22. The van der Waals surface area contributed by atoms with Crippen LogP contribution in [0.1, 0.15) is 32.7 Å². The highest BCUT2D eigenvalue weighted by Crippen LogP contribution is 2.39. The second kappa shape index (κ2) is 7.99. The maximum atomic E-state index is 13.5. The van der Waals surface area contributed by atoms with Gasteiger partial charge in [0.05, 0.1) is 0 Å². The van der Waals surface area contributed by atoms with Crippen LogP contribution in [-0.4, -0.2) is 11.6 Å². The van der Waals surface area contributed by atoms with Crippen molar-refractivity contribution in [2.75, 3.05) is 0 Å². The number of hydrogen-bond acceptors (Lipinski definition) is 2. The summed E-state index contributed by atoms with van der Waals surface area (Å²) in [6, 6.07) is 19.9. The van der Waals surface area contributed by atoms with E-state index in [-0.39, 0.29) is 17.5 Å². The predicted octanol–water partition coefficient (Wildman–Crippen LogP) is 6.06. The lowest BCUT2D eigenvalue weighted by Gasteiger charge is -2.30. The molecule has 1 aliphatic carbocycles. The number of halogens is 2. The molecule has 0 unspecified atom stereocenters. The van der Waals surface area contributed by atoms with Gasteiger partial charge in [-0.15, -0.1) is 0 Å². The Hall–Kier alpha value is -3.66. The smallest absolute Gasteiger partial charge is 0.180 e. The molecule has 0 saturated heterocycles. The van der Waals surface area contributed by atoms with Crippen molar-refractivity contribution < 1.29 is 18.4 Å². The molecule has 4 rings (SSSR count). The molecule has 1 aliphatic rings. The first-order valence-electron chi connectivity index (χ1n) is 9.55. The van der Waals surface area contributed by atoms with Gasteiger partial charge in [0.25, 0.3) is 0 Å². The summed E-state index contributed by atoms with van der Waals surface area (Å²) in [6.45, 7) is 0. The average Bonchev–Trinajstić information content (AvgIpc) is 2.80. The van der Waals surface area contributed by atoms with E-state index in [1.54, 1.807) is 12.2 Å². The molecular formula is C26H18F2O2. The van der Waals surface area contributed by atoms with E-state index < -0.39 is 28.6 Å². The number of Topliss-reactive ketones (excluding diaryl/α,β-unsaturated/α-hetero) is 2. The van der Waals surface area contributed by atoms with Gasteiger partial charge < -0.3 is 0 Å². The van der Waals surface area contributed by atoms with E-state index in [1.807, 2.05) is 36.4 Å². The molecule has 0 atom stereocenters. The molecule has 0 saturated carbocycles. The highest BCUT2D eigenvalue weighted by atomic mass is 19.1. The van der Waals surface area contributed by atoms with E-state index in [1.165, 1.54) is 48.5 Å². The Morgan fingerprint density at radius 3 is 1.63 bits per heavy atom. The Morgan fingerprint density at radius 2 is 1.20 bits per heavy atom. The molecule has 0 aromatic heterocycles. The standard InChI is InChI=1S/C26H18F2O2/c27-22-10-6-20(7-11-22)24(29)26(25(30)21-8-12-23(28)13-9-21)16-14-19(15-17-26)18-4-2-1-3-5-18/h1-16H,17H2. The minimum atomic E-state index is -1.48. The topological polar surface area (TPSA) is 34.1 Å². The second-order valence-electron chi connectivity index (χ2n) is 7.21. The first-order chi connectivity index (χ1) is 14.5. The molecule has 0 radical (unpaired) electrons. The lowest BCUT2D eigenvalue weighted by Crippen LogP contribution is -2.38. The monoisotopic (exact) mass is 400 g/mol. The third-order valence-corrected chi connectivity index (χ3v) is 5.32. The van der Waals surface area contributed by atoms with E-state index >= 15 is 0 Å². The van der Waals surface area contributed by atoms with E-state index in [0.29, 0.717) is 0 Å².